The van der Waals surface area contributed by atoms with Gasteiger partial charge in [0.15, 0.2) is 0 Å². The van der Waals surface area contributed by atoms with Crippen LogP contribution in [-0.4, -0.2) is 47.8 Å². The lowest BCUT2D eigenvalue weighted by molar-refractivity contribution is -0.148. The van der Waals surface area contributed by atoms with Crippen LogP contribution in [0.3, 0.4) is 0 Å². The molecule has 2 saturated heterocycles. The first-order chi connectivity index (χ1) is 10.9. The smallest absolute Gasteiger partial charge is 0.312 e. The number of carbonyl (C=O) groups is 1. The van der Waals surface area contributed by atoms with Crippen LogP contribution >= 0.6 is 0 Å². The maximum atomic E-state index is 11.8. The molecule has 0 amide bonds. The van der Waals surface area contributed by atoms with Crippen molar-refractivity contribution in [1.29, 1.82) is 0 Å². The molecule has 2 atom stereocenters. The number of para-hydroxylation sites is 1. The van der Waals surface area contributed by atoms with Gasteiger partial charge in [-0.2, -0.15) is 0 Å². The standard InChI is InChI=1S/C18H24N2O3/c1-17(2)6-12-4-3-5-13(15(12)23-17)8-20-9-14-7-19-10-18(14,11-20)16(21)22/h3-5,14,19H,6-11H2,1-2H3,(H,21,22)/t14-,18-/m0/s1. The van der Waals surface area contributed by atoms with Crippen molar-refractivity contribution in [1.82, 2.24) is 10.2 Å². The summed E-state index contributed by atoms with van der Waals surface area (Å²) in [6.07, 6.45) is 0.932. The number of rotatable bonds is 3. The van der Waals surface area contributed by atoms with E-state index < -0.39 is 11.4 Å². The van der Waals surface area contributed by atoms with Crippen molar-refractivity contribution in [3.05, 3.63) is 29.3 Å². The van der Waals surface area contributed by atoms with Crippen LogP contribution in [0.5, 0.6) is 5.75 Å². The number of nitrogens with zero attached hydrogens (tertiary/aromatic N) is 1. The molecule has 2 N–H and O–H groups in total. The number of hydrogen-bond donors (Lipinski definition) is 2. The monoisotopic (exact) mass is 316 g/mol. The highest BCUT2D eigenvalue weighted by molar-refractivity contribution is 5.77. The minimum atomic E-state index is -0.661. The van der Waals surface area contributed by atoms with Gasteiger partial charge in [-0.25, -0.2) is 0 Å². The highest BCUT2D eigenvalue weighted by atomic mass is 16.5. The van der Waals surface area contributed by atoms with Crippen LogP contribution in [0.1, 0.15) is 25.0 Å². The van der Waals surface area contributed by atoms with Gasteiger partial charge in [-0.3, -0.25) is 9.69 Å². The van der Waals surface area contributed by atoms with Crippen molar-refractivity contribution >= 4 is 5.97 Å². The Morgan fingerprint density at radius 3 is 3.04 bits per heavy atom. The van der Waals surface area contributed by atoms with Gasteiger partial charge in [-0.05, 0) is 19.4 Å². The number of fused-ring (bicyclic) bond motifs is 2. The zero-order valence-electron chi connectivity index (χ0n) is 13.8. The number of benzene rings is 1. The van der Waals surface area contributed by atoms with E-state index in [4.69, 9.17) is 4.74 Å². The number of aliphatic carboxylic acids is 1. The highest BCUT2D eigenvalue weighted by Gasteiger charge is 2.55. The molecule has 0 saturated carbocycles. The molecule has 4 rings (SSSR count). The Balaban J connectivity index is 1.55. The van der Waals surface area contributed by atoms with Crippen molar-refractivity contribution in [3.8, 4) is 5.75 Å². The summed E-state index contributed by atoms with van der Waals surface area (Å²) < 4.78 is 6.15. The Hall–Kier alpha value is -1.59. The lowest BCUT2D eigenvalue weighted by Gasteiger charge is -2.23. The van der Waals surface area contributed by atoms with E-state index in [9.17, 15) is 9.90 Å². The molecule has 3 heterocycles. The maximum absolute atomic E-state index is 11.8. The molecule has 0 aromatic heterocycles. The van der Waals surface area contributed by atoms with Gasteiger partial charge in [0.25, 0.3) is 0 Å². The van der Waals surface area contributed by atoms with E-state index >= 15 is 0 Å². The van der Waals surface area contributed by atoms with Crippen molar-refractivity contribution in [3.63, 3.8) is 0 Å². The molecule has 1 aromatic rings. The molecule has 5 heteroatoms. The summed E-state index contributed by atoms with van der Waals surface area (Å²) in [5, 5.41) is 12.9. The molecule has 3 aliphatic heterocycles. The van der Waals surface area contributed by atoms with E-state index in [1.165, 1.54) is 11.1 Å². The lowest BCUT2D eigenvalue weighted by atomic mass is 9.81. The first kappa shape index (κ1) is 15.0. The van der Waals surface area contributed by atoms with Crippen molar-refractivity contribution < 1.29 is 14.6 Å². The number of nitrogens with one attached hydrogen (secondary N) is 1. The number of ether oxygens (including phenoxy) is 1. The zero-order valence-corrected chi connectivity index (χ0v) is 13.8. The predicted molar refractivity (Wildman–Crippen MR) is 86.6 cm³/mol. The van der Waals surface area contributed by atoms with Gasteiger partial charge < -0.3 is 15.2 Å². The van der Waals surface area contributed by atoms with Crippen LogP contribution in [0.4, 0.5) is 0 Å². The molecule has 0 aliphatic carbocycles. The molecule has 0 bridgehead atoms. The van der Waals surface area contributed by atoms with Gasteiger partial charge in [0, 0.05) is 50.6 Å². The second kappa shape index (κ2) is 4.95. The Bertz CT molecular complexity index is 658. The maximum Gasteiger partial charge on any atom is 0.312 e. The van der Waals surface area contributed by atoms with Gasteiger partial charge in [0.2, 0.25) is 0 Å². The van der Waals surface area contributed by atoms with E-state index in [0.29, 0.717) is 13.1 Å². The van der Waals surface area contributed by atoms with Crippen LogP contribution in [0, 0.1) is 11.3 Å². The molecule has 3 aliphatic rings. The zero-order chi connectivity index (χ0) is 16.2. The molecule has 1 aromatic carbocycles. The number of likely N-dealkylation sites (tertiary alicyclic amines) is 1. The van der Waals surface area contributed by atoms with Gasteiger partial charge in [0.1, 0.15) is 11.4 Å². The number of carboxylic acids is 1. The highest BCUT2D eigenvalue weighted by Crippen LogP contribution is 2.42. The van der Waals surface area contributed by atoms with Gasteiger partial charge >= 0.3 is 5.97 Å². The second-order valence-electron chi connectivity index (χ2n) is 7.90. The normalized spacial score (nSPS) is 31.7. The molecule has 23 heavy (non-hydrogen) atoms. The quantitative estimate of drug-likeness (QED) is 0.885. The summed E-state index contributed by atoms with van der Waals surface area (Å²) >= 11 is 0. The molecule has 5 nitrogen and oxygen atoms in total. The van der Waals surface area contributed by atoms with Crippen LogP contribution in [-0.2, 0) is 17.8 Å². The third-order valence-electron chi connectivity index (χ3n) is 5.59. The van der Waals surface area contributed by atoms with Crippen LogP contribution in [0.2, 0.25) is 0 Å². The largest absolute Gasteiger partial charge is 0.487 e. The van der Waals surface area contributed by atoms with Gasteiger partial charge in [-0.1, -0.05) is 18.2 Å². The van der Waals surface area contributed by atoms with Crippen LogP contribution in [0.15, 0.2) is 18.2 Å². The summed E-state index contributed by atoms with van der Waals surface area (Å²) in [5.41, 5.74) is 1.69. The summed E-state index contributed by atoms with van der Waals surface area (Å²) in [5.74, 6) is 0.553. The van der Waals surface area contributed by atoms with E-state index in [1.807, 2.05) is 0 Å². The lowest BCUT2D eigenvalue weighted by Crippen LogP contribution is -2.40. The average Bonchev–Trinajstić information content (AvgIpc) is 3.08. The fraction of sp³-hybridized carbons (Fsp3) is 0.611. The average molecular weight is 316 g/mol. The Morgan fingerprint density at radius 2 is 2.30 bits per heavy atom. The van der Waals surface area contributed by atoms with Gasteiger partial charge in [0.05, 0.1) is 5.41 Å². The van der Waals surface area contributed by atoms with Crippen LogP contribution in [0.25, 0.3) is 0 Å². The Morgan fingerprint density at radius 1 is 1.48 bits per heavy atom. The third kappa shape index (κ3) is 2.34. The van der Waals surface area contributed by atoms with Crippen molar-refractivity contribution in [2.45, 2.75) is 32.4 Å². The second-order valence-corrected chi connectivity index (χ2v) is 7.90. The predicted octanol–water partition coefficient (Wildman–Crippen LogP) is 1.51. The fourth-order valence-corrected chi connectivity index (χ4v) is 4.49. The topological polar surface area (TPSA) is 61.8 Å². The molecular weight excluding hydrogens is 292 g/mol. The molecule has 0 radical (unpaired) electrons. The summed E-state index contributed by atoms with van der Waals surface area (Å²) in [7, 11) is 0. The summed E-state index contributed by atoms with van der Waals surface area (Å²) in [6, 6.07) is 6.33. The molecular formula is C18H24N2O3. The van der Waals surface area contributed by atoms with E-state index in [0.717, 1.165) is 31.8 Å². The fourth-order valence-electron chi connectivity index (χ4n) is 4.49. The van der Waals surface area contributed by atoms with Crippen LogP contribution < -0.4 is 10.1 Å². The first-order valence-electron chi connectivity index (χ1n) is 8.36. The molecule has 0 spiro atoms. The Kier molecular flexibility index (Phi) is 3.22. The Labute approximate surface area is 136 Å². The van der Waals surface area contributed by atoms with Crippen molar-refractivity contribution in [2.75, 3.05) is 26.2 Å². The summed E-state index contributed by atoms with van der Waals surface area (Å²) in [6.45, 7) is 7.84. The van der Waals surface area contributed by atoms with E-state index in [2.05, 4.69) is 42.3 Å². The summed E-state index contributed by atoms with van der Waals surface area (Å²) in [4.78, 5) is 14.1. The van der Waals surface area contributed by atoms with E-state index in [1.54, 1.807) is 0 Å². The SMILES string of the molecule is CC1(C)Cc2cccc(CN3C[C@@H]4CNC[C@]4(C(=O)O)C3)c2O1. The minimum absolute atomic E-state index is 0.147. The molecule has 0 unspecified atom stereocenters. The molecule has 124 valence electrons. The number of carboxylic acid groups (broad SMARTS) is 1. The van der Waals surface area contributed by atoms with E-state index in [-0.39, 0.29) is 11.5 Å². The molecule has 2 fully saturated rings. The first-order valence-corrected chi connectivity index (χ1v) is 8.36. The third-order valence-corrected chi connectivity index (χ3v) is 5.59. The van der Waals surface area contributed by atoms with Crippen molar-refractivity contribution in [2.24, 2.45) is 11.3 Å². The number of hydrogen-bond acceptors (Lipinski definition) is 4. The van der Waals surface area contributed by atoms with Gasteiger partial charge in [-0.15, -0.1) is 0 Å². The minimum Gasteiger partial charge on any atom is -0.487 e.